The topological polar surface area (TPSA) is 76.8 Å². The SMILES string of the molecule is COCC(C)OCC(O)CNC(C)c1c(C)noc1C. The predicted octanol–water partition coefficient (Wildman–Crippen LogP) is 1.35. The predicted molar refractivity (Wildman–Crippen MR) is 75.7 cm³/mol. The van der Waals surface area contributed by atoms with Gasteiger partial charge in [0.25, 0.3) is 0 Å². The molecule has 116 valence electrons. The summed E-state index contributed by atoms with van der Waals surface area (Å²) >= 11 is 0. The molecule has 0 fully saturated rings. The molecular formula is C14H26N2O4. The van der Waals surface area contributed by atoms with Gasteiger partial charge < -0.3 is 24.4 Å². The van der Waals surface area contributed by atoms with Gasteiger partial charge in [-0.3, -0.25) is 0 Å². The van der Waals surface area contributed by atoms with E-state index in [4.69, 9.17) is 14.0 Å². The molecule has 3 unspecified atom stereocenters. The van der Waals surface area contributed by atoms with E-state index in [1.165, 1.54) is 0 Å². The Morgan fingerprint density at radius 2 is 2.00 bits per heavy atom. The van der Waals surface area contributed by atoms with E-state index >= 15 is 0 Å². The highest BCUT2D eigenvalue weighted by Crippen LogP contribution is 2.20. The zero-order valence-electron chi connectivity index (χ0n) is 13.0. The van der Waals surface area contributed by atoms with Crippen LogP contribution in [0.25, 0.3) is 0 Å². The van der Waals surface area contributed by atoms with Gasteiger partial charge in [0, 0.05) is 25.3 Å². The molecule has 0 aliphatic carbocycles. The Kier molecular flexibility index (Phi) is 7.15. The molecule has 6 nitrogen and oxygen atoms in total. The zero-order valence-corrected chi connectivity index (χ0v) is 13.0. The molecule has 1 rings (SSSR count). The van der Waals surface area contributed by atoms with Gasteiger partial charge in [-0.2, -0.15) is 0 Å². The third-order valence-electron chi connectivity index (χ3n) is 3.16. The third-order valence-corrected chi connectivity index (χ3v) is 3.16. The van der Waals surface area contributed by atoms with Gasteiger partial charge in [0.15, 0.2) is 0 Å². The van der Waals surface area contributed by atoms with Crippen LogP contribution in [0.15, 0.2) is 4.52 Å². The quantitative estimate of drug-likeness (QED) is 0.713. The fourth-order valence-corrected chi connectivity index (χ4v) is 2.14. The summed E-state index contributed by atoms with van der Waals surface area (Å²) in [5, 5.41) is 17.1. The van der Waals surface area contributed by atoms with Crippen LogP contribution in [0.3, 0.4) is 0 Å². The van der Waals surface area contributed by atoms with Gasteiger partial charge >= 0.3 is 0 Å². The van der Waals surface area contributed by atoms with Crippen LogP contribution in [0.1, 0.15) is 36.9 Å². The molecule has 0 aliphatic rings. The van der Waals surface area contributed by atoms with Crippen molar-refractivity contribution >= 4 is 0 Å². The monoisotopic (exact) mass is 286 g/mol. The van der Waals surface area contributed by atoms with Crippen molar-refractivity contribution in [3.8, 4) is 0 Å². The van der Waals surface area contributed by atoms with Crippen molar-refractivity contribution in [3.63, 3.8) is 0 Å². The average Bonchev–Trinajstić information content (AvgIpc) is 2.73. The van der Waals surface area contributed by atoms with E-state index in [2.05, 4.69) is 10.5 Å². The van der Waals surface area contributed by atoms with Crippen LogP contribution in [0.4, 0.5) is 0 Å². The number of ether oxygens (including phenoxy) is 2. The normalized spacial score (nSPS) is 16.1. The summed E-state index contributed by atoms with van der Waals surface area (Å²) in [5.74, 6) is 0.807. The van der Waals surface area contributed by atoms with Gasteiger partial charge in [0.1, 0.15) is 5.76 Å². The molecule has 0 spiro atoms. The molecule has 20 heavy (non-hydrogen) atoms. The lowest BCUT2D eigenvalue weighted by molar-refractivity contribution is -0.0315. The summed E-state index contributed by atoms with van der Waals surface area (Å²) < 4.78 is 15.6. The standard InChI is InChI=1S/C14H26N2O4/c1-9(7-18-5)19-8-13(17)6-15-10(2)14-11(3)16-20-12(14)4/h9-10,13,15,17H,6-8H2,1-5H3. The molecule has 0 saturated heterocycles. The Bertz CT molecular complexity index is 375. The summed E-state index contributed by atoms with van der Waals surface area (Å²) in [5.41, 5.74) is 1.92. The summed E-state index contributed by atoms with van der Waals surface area (Å²) in [6.07, 6.45) is -0.577. The zero-order chi connectivity index (χ0) is 15.1. The molecule has 3 atom stereocenters. The van der Waals surface area contributed by atoms with Crippen molar-refractivity contribution in [2.45, 2.75) is 45.9 Å². The largest absolute Gasteiger partial charge is 0.389 e. The summed E-state index contributed by atoms with van der Waals surface area (Å²) in [6.45, 7) is 8.99. The highest BCUT2D eigenvalue weighted by molar-refractivity contribution is 5.24. The lowest BCUT2D eigenvalue weighted by Gasteiger charge is -2.19. The first-order valence-corrected chi connectivity index (χ1v) is 6.90. The summed E-state index contributed by atoms with van der Waals surface area (Å²) in [7, 11) is 1.63. The van der Waals surface area contributed by atoms with E-state index in [9.17, 15) is 5.11 Å². The number of rotatable bonds is 9. The summed E-state index contributed by atoms with van der Waals surface area (Å²) in [6, 6.07) is 0.0762. The molecule has 0 amide bonds. The smallest absolute Gasteiger partial charge is 0.138 e. The molecular weight excluding hydrogens is 260 g/mol. The van der Waals surface area contributed by atoms with Gasteiger partial charge in [0.2, 0.25) is 0 Å². The molecule has 0 aliphatic heterocycles. The summed E-state index contributed by atoms with van der Waals surface area (Å²) in [4.78, 5) is 0. The Labute approximate surface area is 120 Å². The molecule has 2 N–H and O–H groups in total. The van der Waals surface area contributed by atoms with Crippen LogP contribution in [0.5, 0.6) is 0 Å². The maximum atomic E-state index is 9.88. The van der Waals surface area contributed by atoms with Crippen LogP contribution in [-0.2, 0) is 9.47 Å². The number of hydrogen-bond donors (Lipinski definition) is 2. The van der Waals surface area contributed by atoms with E-state index in [0.29, 0.717) is 13.2 Å². The molecule has 1 aromatic rings. The first kappa shape index (κ1) is 17.1. The second-order valence-corrected chi connectivity index (χ2v) is 5.12. The first-order valence-electron chi connectivity index (χ1n) is 6.90. The maximum absolute atomic E-state index is 9.88. The second-order valence-electron chi connectivity index (χ2n) is 5.12. The van der Waals surface area contributed by atoms with E-state index in [1.54, 1.807) is 7.11 Å². The van der Waals surface area contributed by atoms with Gasteiger partial charge in [-0.1, -0.05) is 5.16 Å². The van der Waals surface area contributed by atoms with Gasteiger partial charge in [-0.05, 0) is 27.7 Å². The Morgan fingerprint density at radius 1 is 1.30 bits per heavy atom. The third kappa shape index (κ3) is 5.20. The van der Waals surface area contributed by atoms with E-state index < -0.39 is 6.10 Å². The van der Waals surface area contributed by atoms with Gasteiger partial charge in [-0.25, -0.2) is 0 Å². The van der Waals surface area contributed by atoms with Gasteiger partial charge in [0.05, 0.1) is 31.1 Å². The number of aliphatic hydroxyl groups is 1. The highest BCUT2D eigenvalue weighted by Gasteiger charge is 2.17. The average molecular weight is 286 g/mol. The second kappa shape index (κ2) is 8.36. The van der Waals surface area contributed by atoms with Crippen LogP contribution in [-0.4, -0.2) is 49.3 Å². The Morgan fingerprint density at radius 3 is 2.55 bits per heavy atom. The van der Waals surface area contributed by atoms with Crippen LogP contribution < -0.4 is 5.32 Å². The fraction of sp³-hybridized carbons (Fsp3) is 0.786. The molecule has 1 aromatic heterocycles. The van der Waals surface area contributed by atoms with Crippen molar-refractivity contribution in [1.82, 2.24) is 10.5 Å². The molecule has 0 aromatic carbocycles. The Balaban J connectivity index is 2.32. The Hall–Kier alpha value is -0.950. The first-order chi connectivity index (χ1) is 9.45. The molecule has 6 heteroatoms. The van der Waals surface area contributed by atoms with Crippen LogP contribution in [0.2, 0.25) is 0 Å². The van der Waals surface area contributed by atoms with E-state index in [-0.39, 0.29) is 18.8 Å². The molecule has 0 saturated carbocycles. The minimum atomic E-state index is -0.558. The van der Waals surface area contributed by atoms with Crippen molar-refractivity contribution < 1.29 is 19.1 Å². The van der Waals surface area contributed by atoms with Crippen molar-refractivity contribution in [1.29, 1.82) is 0 Å². The lowest BCUT2D eigenvalue weighted by atomic mass is 10.1. The van der Waals surface area contributed by atoms with E-state index in [1.807, 2.05) is 27.7 Å². The van der Waals surface area contributed by atoms with E-state index in [0.717, 1.165) is 17.0 Å². The van der Waals surface area contributed by atoms with Crippen LogP contribution in [0, 0.1) is 13.8 Å². The number of aliphatic hydroxyl groups excluding tert-OH is 1. The van der Waals surface area contributed by atoms with Crippen LogP contribution >= 0.6 is 0 Å². The molecule has 0 bridgehead atoms. The highest BCUT2D eigenvalue weighted by atomic mass is 16.5. The van der Waals surface area contributed by atoms with Gasteiger partial charge in [-0.15, -0.1) is 0 Å². The lowest BCUT2D eigenvalue weighted by Crippen LogP contribution is -2.34. The number of methoxy groups -OCH3 is 1. The maximum Gasteiger partial charge on any atom is 0.138 e. The van der Waals surface area contributed by atoms with Crippen molar-refractivity contribution in [2.75, 3.05) is 26.9 Å². The number of aryl methyl sites for hydroxylation is 2. The number of nitrogens with zero attached hydrogens (tertiary/aromatic N) is 1. The fourth-order valence-electron chi connectivity index (χ4n) is 2.14. The molecule has 1 heterocycles. The minimum Gasteiger partial charge on any atom is -0.389 e. The number of hydrogen-bond acceptors (Lipinski definition) is 6. The number of nitrogens with one attached hydrogen (secondary N) is 1. The molecule has 0 radical (unpaired) electrons. The number of aromatic nitrogens is 1. The van der Waals surface area contributed by atoms with Crippen molar-refractivity contribution in [3.05, 3.63) is 17.0 Å². The minimum absolute atomic E-state index is 0.0189. The van der Waals surface area contributed by atoms with Crippen molar-refractivity contribution in [2.24, 2.45) is 0 Å².